The molecule has 0 unspecified atom stereocenters. The molecule has 0 atom stereocenters. The molecule has 4 heteroatoms. The van der Waals surface area contributed by atoms with Gasteiger partial charge >= 0.3 is 5.97 Å². The van der Waals surface area contributed by atoms with Crippen molar-refractivity contribution in [3.8, 4) is 5.75 Å². The van der Waals surface area contributed by atoms with Gasteiger partial charge in [-0.05, 0) is 42.8 Å². The van der Waals surface area contributed by atoms with Gasteiger partial charge in [0.2, 0.25) is 0 Å². The third-order valence-corrected chi connectivity index (χ3v) is 3.59. The van der Waals surface area contributed by atoms with E-state index in [0.29, 0.717) is 11.3 Å². The number of carboxylic acids is 1. The average molecular weight is 347 g/mol. The number of aliphatic carboxylic acids is 1. The predicted octanol–water partition coefficient (Wildman–Crippen LogP) is 4.39. The Morgan fingerprint density at radius 1 is 1.19 bits per heavy atom. The van der Waals surface area contributed by atoms with Crippen LogP contribution in [0.15, 0.2) is 46.9 Å². The van der Waals surface area contributed by atoms with Crippen molar-refractivity contribution in [2.24, 2.45) is 0 Å². The Kier molecular flexibility index (Phi) is 4.81. The number of hydrogen-bond acceptors (Lipinski definition) is 2. The third kappa shape index (κ3) is 3.73. The van der Waals surface area contributed by atoms with Gasteiger partial charge in [-0.2, -0.15) is 0 Å². The van der Waals surface area contributed by atoms with Crippen LogP contribution in [0, 0.1) is 6.92 Å². The molecule has 0 aliphatic heterocycles. The van der Waals surface area contributed by atoms with Crippen LogP contribution in [0.1, 0.15) is 16.7 Å². The maximum Gasteiger partial charge on any atom is 0.336 e. The van der Waals surface area contributed by atoms with Gasteiger partial charge in [0.05, 0.1) is 12.7 Å². The fourth-order valence-electron chi connectivity index (χ4n) is 2.01. The Balaban J connectivity index is 2.56. The number of hydrogen-bond donors (Lipinski definition) is 1. The molecule has 2 aromatic rings. The van der Waals surface area contributed by atoms with E-state index in [0.717, 1.165) is 15.6 Å². The predicted molar refractivity (Wildman–Crippen MR) is 87.4 cm³/mol. The Labute approximate surface area is 132 Å². The summed E-state index contributed by atoms with van der Waals surface area (Å²) < 4.78 is 6.23. The SMILES string of the molecule is COc1ccc(C)cc1/C(=C/c1ccc(Br)cc1)C(=O)O. The van der Waals surface area contributed by atoms with Crippen LogP contribution in [0.25, 0.3) is 11.6 Å². The molecule has 0 fully saturated rings. The van der Waals surface area contributed by atoms with E-state index in [2.05, 4.69) is 15.9 Å². The smallest absolute Gasteiger partial charge is 0.336 e. The fraction of sp³-hybridized carbons (Fsp3) is 0.118. The molecule has 1 N–H and O–H groups in total. The van der Waals surface area contributed by atoms with E-state index in [-0.39, 0.29) is 5.57 Å². The van der Waals surface area contributed by atoms with Gasteiger partial charge in [-0.25, -0.2) is 4.79 Å². The minimum atomic E-state index is -0.984. The lowest BCUT2D eigenvalue weighted by Gasteiger charge is -2.10. The topological polar surface area (TPSA) is 46.5 Å². The number of carbonyl (C=O) groups is 1. The van der Waals surface area contributed by atoms with Gasteiger partial charge in [-0.1, -0.05) is 39.7 Å². The zero-order valence-corrected chi connectivity index (χ0v) is 13.3. The van der Waals surface area contributed by atoms with Crippen LogP contribution in [0.4, 0.5) is 0 Å². The molecule has 3 nitrogen and oxygen atoms in total. The zero-order chi connectivity index (χ0) is 15.4. The van der Waals surface area contributed by atoms with Gasteiger partial charge in [0.1, 0.15) is 5.75 Å². The van der Waals surface area contributed by atoms with Crippen molar-refractivity contribution in [3.63, 3.8) is 0 Å². The Morgan fingerprint density at radius 2 is 1.86 bits per heavy atom. The molecule has 0 saturated carbocycles. The van der Waals surface area contributed by atoms with Crippen LogP contribution in [-0.2, 0) is 4.79 Å². The standard InChI is InChI=1S/C17H15BrO3/c1-11-3-8-16(21-2)14(9-11)15(17(19)20)10-12-4-6-13(18)7-5-12/h3-10H,1-2H3,(H,19,20)/b15-10-. The summed E-state index contributed by atoms with van der Waals surface area (Å²) in [5.74, 6) is -0.437. The largest absolute Gasteiger partial charge is 0.496 e. The van der Waals surface area contributed by atoms with Gasteiger partial charge in [0.25, 0.3) is 0 Å². The molecule has 2 rings (SSSR count). The number of benzene rings is 2. The molecule has 0 amide bonds. The molecule has 0 aliphatic carbocycles. The molecule has 0 spiro atoms. The third-order valence-electron chi connectivity index (χ3n) is 3.06. The molecule has 21 heavy (non-hydrogen) atoms. The van der Waals surface area contributed by atoms with Gasteiger partial charge in [0.15, 0.2) is 0 Å². The summed E-state index contributed by atoms with van der Waals surface area (Å²) in [6.07, 6.45) is 1.64. The van der Waals surface area contributed by atoms with Crippen molar-refractivity contribution in [1.29, 1.82) is 0 Å². The van der Waals surface area contributed by atoms with E-state index in [1.807, 2.05) is 43.3 Å². The molecule has 0 heterocycles. The minimum Gasteiger partial charge on any atom is -0.496 e. The van der Waals surface area contributed by atoms with Crippen LogP contribution in [0.5, 0.6) is 5.75 Å². The van der Waals surface area contributed by atoms with Crippen molar-refractivity contribution in [2.45, 2.75) is 6.92 Å². The number of carboxylic acid groups (broad SMARTS) is 1. The van der Waals surface area contributed by atoms with E-state index in [1.165, 1.54) is 7.11 Å². The summed E-state index contributed by atoms with van der Waals surface area (Å²) in [6.45, 7) is 1.92. The van der Waals surface area contributed by atoms with E-state index in [4.69, 9.17) is 4.74 Å². The molecule has 0 aliphatic rings. The molecular weight excluding hydrogens is 332 g/mol. The van der Waals surface area contributed by atoms with Crippen LogP contribution in [0.3, 0.4) is 0 Å². The second-order valence-corrected chi connectivity index (χ2v) is 5.53. The summed E-state index contributed by atoms with van der Waals surface area (Å²) in [4.78, 5) is 11.6. The van der Waals surface area contributed by atoms with Crippen molar-refractivity contribution < 1.29 is 14.6 Å². The second kappa shape index (κ2) is 6.59. The van der Waals surface area contributed by atoms with Crippen molar-refractivity contribution in [2.75, 3.05) is 7.11 Å². The summed E-state index contributed by atoms with van der Waals surface area (Å²) in [5, 5.41) is 9.52. The highest BCUT2D eigenvalue weighted by Gasteiger charge is 2.15. The first kappa shape index (κ1) is 15.3. The molecule has 108 valence electrons. The lowest BCUT2D eigenvalue weighted by atomic mass is 10.00. The molecule has 2 aromatic carbocycles. The first-order valence-corrected chi connectivity index (χ1v) is 7.16. The summed E-state index contributed by atoms with van der Waals surface area (Å²) >= 11 is 3.36. The normalized spacial score (nSPS) is 11.3. The van der Waals surface area contributed by atoms with E-state index < -0.39 is 5.97 Å². The Hall–Kier alpha value is -2.07. The zero-order valence-electron chi connectivity index (χ0n) is 11.8. The van der Waals surface area contributed by atoms with Crippen LogP contribution >= 0.6 is 15.9 Å². The van der Waals surface area contributed by atoms with Crippen molar-refractivity contribution in [1.82, 2.24) is 0 Å². The maximum absolute atomic E-state index is 11.6. The van der Waals surface area contributed by atoms with Gasteiger partial charge < -0.3 is 9.84 Å². The quantitative estimate of drug-likeness (QED) is 0.659. The summed E-state index contributed by atoms with van der Waals surface area (Å²) in [5.41, 5.74) is 2.58. The van der Waals surface area contributed by atoms with E-state index in [9.17, 15) is 9.90 Å². The molecule has 0 saturated heterocycles. The van der Waals surface area contributed by atoms with Gasteiger partial charge in [0, 0.05) is 10.0 Å². The number of halogens is 1. The minimum absolute atomic E-state index is 0.206. The van der Waals surface area contributed by atoms with Crippen LogP contribution < -0.4 is 4.74 Å². The Morgan fingerprint density at radius 3 is 2.43 bits per heavy atom. The van der Waals surface area contributed by atoms with Gasteiger partial charge in [-0.15, -0.1) is 0 Å². The first-order chi connectivity index (χ1) is 10.0. The lowest BCUT2D eigenvalue weighted by molar-refractivity contribution is -0.130. The number of rotatable bonds is 4. The number of ether oxygens (including phenoxy) is 1. The molecule has 0 aromatic heterocycles. The highest BCUT2D eigenvalue weighted by Crippen LogP contribution is 2.29. The number of aryl methyl sites for hydroxylation is 1. The van der Waals surface area contributed by atoms with Gasteiger partial charge in [-0.3, -0.25) is 0 Å². The van der Waals surface area contributed by atoms with Crippen LogP contribution in [0.2, 0.25) is 0 Å². The van der Waals surface area contributed by atoms with Crippen molar-refractivity contribution >= 4 is 33.5 Å². The highest BCUT2D eigenvalue weighted by atomic mass is 79.9. The molecule has 0 bridgehead atoms. The average Bonchev–Trinajstić information content (AvgIpc) is 2.46. The second-order valence-electron chi connectivity index (χ2n) is 4.62. The highest BCUT2D eigenvalue weighted by molar-refractivity contribution is 9.10. The van der Waals surface area contributed by atoms with Crippen LogP contribution in [-0.4, -0.2) is 18.2 Å². The molecule has 0 radical (unpaired) electrons. The molecular formula is C17H15BrO3. The van der Waals surface area contributed by atoms with E-state index in [1.54, 1.807) is 12.1 Å². The van der Waals surface area contributed by atoms with E-state index >= 15 is 0 Å². The maximum atomic E-state index is 11.6. The number of methoxy groups -OCH3 is 1. The van der Waals surface area contributed by atoms with Crippen molar-refractivity contribution in [3.05, 3.63) is 63.6 Å². The Bertz CT molecular complexity index is 688. The fourth-order valence-corrected chi connectivity index (χ4v) is 2.28. The lowest BCUT2D eigenvalue weighted by Crippen LogP contribution is -2.02. The monoisotopic (exact) mass is 346 g/mol. The first-order valence-electron chi connectivity index (χ1n) is 6.37. The summed E-state index contributed by atoms with van der Waals surface area (Å²) in [6, 6.07) is 12.9. The summed E-state index contributed by atoms with van der Waals surface area (Å²) in [7, 11) is 1.53.